The van der Waals surface area contributed by atoms with Crippen LogP contribution in [0, 0.1) is 0 Å². The summed E-state index contributed by atoms with van der Waals surface area (Å²) >= 11 is 0. The lowest BCUT2D eigenvalue weighted by atomic mass is 10.1. The number of ether oxygens (including phenoxy) is 3. The van der Waals surface area contributed by atoms with E-state index in [1.54, 1.807) is 7.11 Å². The number of methoxy groups -OCH3 is 1. The Bertz CT molecular complexity index is 508. The number of nitrogens with zero attached hydrogens (tertiary/aromatic N) is 3. The summed E-state index contributed by atoms with van der Waals surface area (Å²) in [6.45, 7) is 0.360. The summed E-state index contributed by atoms with van der Waals surface area (Å²) in [5.41, 5.74) is 9.38. The maximum atomic E-state index is 9.54. The molecule has 8 heteroatoms. The van der Waals surface area contributed by atoms with Gasteiger partial charge in [0, 0.05) is 11.3 Å². The Balaban J connectivity index is 1.95. The van der Waals surface area contributed by atoms with Gasteiger partial charge in [-0.15, -0.1) is 0 Å². The summed E-state index contributed by atoms with van der Waals surface area (Å²) in [5, 5.41) is 22.5. The summed E-state index contributed by atoms with van der Waals surface area (Å²) in [6, 6.07) is 7.37. The van der Waals surface area contributed by atoms with Crippen molar-refractivity contribution >= 4 is 0 Å². The van der Waals surface area contributed by atoms with Crippen LogP contribution < -0.4 is 4.74 Å². The van der Waals surface area contributed by atoms with Crippen molar-refractivity contribution in [1.82, 2.24) is 0 Å². The van der Waals surface area contributed by atoms with Crippen LogP contribution in [0.25, 0.3) is 10.4 Å². The fraction of sp³-hybridized carbons (Fsp3) is 0.571. The van der Waals surface area contributed by atoms with E-state index in [9.17, 15) is 10.2 Å². The fourth-order valence-corrected chi connectivity index (χ4v) is 2.24. The molecule has 1 aliphatic rings. The van der Waals surface area contributed by atoms with Gasteiger partial charge in [-0.05, 0) is 23.2 Å². The number of benzene rings is 1. The van der Waals surface area contributed by atoms with Crippen molar-refractivity contribution in [1.29, 1.82) is 0 Å². The predicted octanol–water partition coefficient (Wildman–Crippen LogP) is 1.36. The van der Waals surface area contributed by atoms with E-state index in [4.69, 9.17) is 19.7 Å². The van der Waals surface area contributed by atoms with Crippen LogP contribution in [0.5, 0.6) is 5.75 Å². The highest BCUT2D eigenvalue weighted by Crippen LogP contribution is 2.24. The van der Waals surface area contributed by atoms with Gasteiger partial charge in [-0.2, -0.15) is 0 Å². The Morgan fingerprint density at radius 2 is 2.14 bits per heavy atom. The molecule has 120 valence electrons. The van der Waals surface area contributed by atoms with Crippen molar-refractivity contribution in [2.45, 2.75) is 37.6 Å². The lowest BCUT2D eigenvalue weighted by Crippen LogP contribution is -2.32. The van der Waals surface area contributed by atoms with Gasteiger partial charge in [-0.3, -0.25) is 0 Å². The van der Waals surface area contributed by atoms with Crippen LogP contribution >= 0.6 is 0 Å². The predicted molar refractivity (Wildman–Crippen MR) is 77.1 cm³/mol. The molecular weight excluding hydrogens is 290 g/mol. The van der Waals surface area contributed by atoms with Crippen LogP contribution in [0.1, 0.15) is 12.0 Å². The monoisotopic (exact) mass is 309 g/mol. The smallest absolute Gasteiger partial charge is 0.181 e. The molecule has 1 aliphatic heterocycles. The molecular formula is C14H19N3O5. The average molecular weight is 309 g/mol. The zero-order chi connectivity index (χ0) is 15.9. The van der Waals surface area contributed by atoms with Gasteiger partial charge in [0.05, 0.1) is 32.5 Å². The number of hydrogen-bond acceptors (Lipinski definition) is 6. The van der Waals surface area contributed by atoms with Gasteiger partial charge in [0.25, 0.3) is 0 Å². The summed E-state index contributed by atoms with van der Waals surface area (Å²) in [5.74, 6) is 0.750. The Morgan fingerprint density at radius 1 is 1.41 bits per heavy atom. The third-order valence-corrected chi connectivity index (χ3v) is 3.48. The second-order valence-corrected chi connectivity index (χ2v) is 4.98. The Labute approximate surface area is 127 Å². The van der Waals surface area contributed by atoms with Gasteiger partial charge in [0.2, 0.25) is 0 Å². The Morgan fingerprint density at radius 3 is 2.68 bits per heavy atom. The standard InChI is InChI=1S/C14H19N3O5/c1-20-10-4-2-9(3-5-10)8-21-13(7-16-17-15)12-6-11(18)14(19)22-12/h2-5,11-14,18-19H,6-8H2,1H3/t11-,12+,13-,14+/m1/s1. The second-order valence-electron chi connectivity index (χ2n) is 4.98. The van der Waals surface area contributed by atoms with E-state index in [1.165, 1.54) is 0 Å². The molecule has 0 aliphatic carbocycles. The highest BCUT2D eigenvalue weighted by Gasteiger charge is 2.37. The third kappa shape index (κ3) is 4.33. The molecule has 22 heavy (non-hydrogen) atoms. The SMILES string of the molecule is COc1ccc(CO[C@H](CN=[N+]=[N-])[C@@H]2C[C@@H](O)[C@@H](O)O2)cc1. The molecule has 0 spiro atoms. The highest BCUT2D eigenvalue weighted by molar-refractivity contribution is 5.26. The summed E-state index contributed by atoms with van der Waals surface area (Å²) in [7, 11) is 1.59. The number of azide groups is 1. The first-order valence-corrected chi connectivity index (χ1v) is 6.91. The van der Waals surface area contributed by atoms with E-state index >= 15 is 0 Å². The molecule has 0 amide bonds. The van der Waals surface area contributed by atoms with Crippen molar-refractivity contribution in [3.63, 3.8) is 0 Å². The van der Waals surface area contributed by atoms with Gasteiger partial charge >= 0.3 is 0 Å². The molecule has 0 bridgehead atoms. The van der Waals surface area contributed by atoms with Crippen LogP contribution in [-0.2, 0) is 16.1 Å². The van der Waals surface area contributed by atoms with E-state index in [0.29, 0.717) is 6.61 Å². The molecule has 2 N–H and O–H groups in total. The number of aliphatic hydroxyl groups is 2. The number of hydrogen-bond donors (Lipinski definition) is 2. The van der Waals surface area contributed by atoms with Crippen molar-refractivity contribution < 1.29 is 24.4 Å². The largest absolute Gasteiger partial charge is 0.497 e. The first-order valence-electron chi connectivity index (χ1n) is 6.91. The molecule has 1 aromatic carbocycles. The average Bonchev–Trinajstić information content (AvgIpc) is 2.87. The molecule has 1 aromatic rings. The molecule has 4 atom stereocenters. The van der Waals surface area contributed by atoms with E-state index in [-0.39, 0.29) is 13.0 Å². The minimum Gasteiger partial charge on any atom is -0.497 e. The zero-order valence-corrected chi connectivity index (χ0v) is 12.2. The Hall–Kier alpha value is -1.83. The summed E-state index contributed by atoms with van der Waals surface area (Å²) in [6.07, 6.45) is -3.01. The van der Waals surface area contributed by atoms with E-state index in [1.807, 2.05) is 24.3 Å². The van der Waals surface area contributed by atoms with Gasteiger partial charge in [-0.25, -0.2) is 0 Å². The fourth-order valence-electron chi connectivity index (χ4n) is 2.24. The third-order valence-electron chi connectivity index (χ3n) is 3.48. The molecule has 0 saturated carbocycles. The molecule has 0 unspecified atom stereocenters. The van der Waals surface area contributed by atoms with Crippen molar-refractivity contribution in [2.75, 3.05) is 13.7 Å². The topological polar surface area (TPSA) is 117 Å². The molecule has 8 nitrogen and oxygen atoms in total. The van der Waals surface area contributed by atoms with Crippen LogP contribution in [0.2, 0.25) is 0 Å². The van der Waals surface area contributed by atoms with Gasteiger partial charge < -0.3 is 24.4 Å². The Kier molecular flexibility index (Phi) is 6.00. The van der Waals surface area contributed by atoms with Gasteiger partial charge in [0.15, 0.2) is 6.29 Å². The molecule has 2 rings (SSSR count). The summed E-state index contributed by atoms with van der Waals surface area (Å²) < 4.78 is 16.0. The molecule has 1 saturated heterocycles. The van der Waals surface area contributed by atoms with Crippen LogP contribution in [0.15, 0.2) is 29.4 Å². The lowest BCUT2D eigenvalue weighted by molar-refractivity contribution is -0.153. The molecule has 1 fully saturated rings. The molecule has 1 heterocycles. The van der Waals surface area contributed by atoms with Crippen LogP contribution in [0.4, 0.5) is 0 Å². The minimum absolute atomic E-state index is 0.0662. The lowest BCUT2D eigenvalue weighted by Gasteiger charge is -2.22. The van der Waals surface area contributed by atoms with Crippen LogP contribution in [-0.4, -0.2) is 48.5 Å². The van der Waals surface area contributed by atoms with Crippen molar-refractivity contribution in [2.24, 2.45) is 5.11 Å². The zero-order valence-electron chi connectivity index (χ0n) is 12.2. The first-order chi connectivity index (χ1) is 10.6. The quantitative estimate of drug-likeness (QED) is 0.448. The maximum Gasteiger partial charge on any atom is 0.181 e. The molecule has 0 aromatic heterocycles. The van der Waals surface area contributed by atoms with E-state index in [0.717, 1.165) is 11.3 Å². The highest BCUT2D eigenvalue weighted by atomic mass is 16.6. The van der Waals surface area contributed by atoms with E-state index in [2.05, 4.69) is 10.0 Å². The minimum atomic E-state index is -1.23. The molecule has 0 radical (unpaired) electrons. The summed E-state index contributed by atoms with van der Waals surface area (Å²) in [4.78, 5) is 2.71. The second kappa shape index (κ2) is 7.98. The number of rotatable bonds is 7. The normalized spacial score (nSPS) is 25.5. The van der Waals surface area contributed by atoms with Crippen molar-refractivity contribution in [3.8, 4) is 5.75 Å². The van der Waals surface area contributed by atoms with Gasteiger partial charge in [0.1, 0.15) is 11.9 Å². The number of aliphatic hydroxyl groups excluding tert-OH is 2. The first kappa shape index (κ1) is 16.5. The van der Waals surface area contributed by atoms with Gasteiger partial charge in [-0.1, -0.05) is 17.2 Å². The van der Waals surface area contributed by atoms with E-state index < -0.39 is 24.6 Å². The van der Waals surface area contributed by atoms with Crippen molar-refractivity contribution in [3.05, 3.63) is 40.3 Å². The van der Waals surface area contributed by atoms with Crippen LogP contribution in [0.3, 0.4) is 0 Å². The maximum absolute atomic E-state index is 9.54.